The van der Waals surface area contributed by atoms with Crippen molar-refractivity contribution in [1.82, 2.24) is 19.7 Å². The Morgan fingerprint density at radius 3 is 2.67 bits per heavy atom. The summed E-state index contributed by atoms with van der Waals surface area (Å²) in [6, 6.07) is 7.90. The van der Waals surface area contributed by atoms with Crippen LogP contribution in [0.4, 0.5) is 5.82 Å². The van der Waals surface area contributed by atoms with E-state index in [0.717, 1.165) is 22.3 Å². The van der Waals surface area contributed by atoms with Crippen molar-refractivity contribution >= 4 is 16.6 Å². The molecule has 0 saturated heterocycles. The lowest BCUT2D eigenvalue weighted by Gasteiger charge is -2.06. The van der Waals surface area contributed by atoms with Crippen LogP contribution in [0.2, 0.25) is 0 Å². The van der Waals surface area contributed by atoms with Crippen LogP contribution in [-0.4, -0.2) is 19.7 Å². The van der Waals surface area contributed by atoms with Crippen molar-refractivity contribution in [3.05, 3.63) is 48.2 Å². The fraction of sp³-hybridized carbons (Fsp3) is 0.154. The fourth-order valence-electron chi connectivity index (χ4n) is 2.03. The van der Waals surface area contributed by atoms with E-state index in [1.165, 1.54) is 0 Å². The number of benzene rings is 1. The number of nitrogens with two attached hydrogens (primary N) is 1. The predicted octanol–water partition coefficient (Wildman–Crippen LogP) is 1.54. The first-order valence-electron chi connectivity index (χ1n) is 5.71. The van der Waals surface area contributed by atoms with E-state index in [4.69, 9.17) is 5.73 Å². The van der Waals surface area contributed by atoms with Gasteiger partial charge in [0.1, 0.15) is 5.82 Å². The first kappa shape index (κ1) is 10.7. The summed E-state index contributed by atoms with van der Waals surface area (Å²) in [5, 5.41) is 10.2. The van der Waals surface area contributed by atoms with Crippen LogP contribution in [0.25, 0.3) is 10.8 Å². The molecular weight excluding hydrogens is 226 g/mol. The molecule has 0 saturated carbocycles. The van der Waals surface area contributed by atoms with Gasteiger partial charge in [-0.15, -0.1) is 5.10 Å². The highest BCUT2D eigenvalue weighted by molar-refractivity contribution is 5.92. The largest absolute Gasteiger partial charge is 0.382 e. The molecule has 0 spiro atoms. The summed E-state index contributed by atoms with van der Waals surface area (Å²) in [5.74, 6) is 1.42. The number of hydrogen-bond donors (Lipinski definition) is 1. The van der Waals surface area contributed by atoms with E-state index < -0.39 is 0 Å². The molecule has 3 rings (SSSR count). The van der Waals surface area contributed by atoms with Crippen molar-refractivity contribution in [2.45, 2.75) is 6.42 Å². The van der Waals surface area contributed by atoms with Gasteiger partial charge in [-0.1, -0.05) is 24.3 Å². The van der Waals surface area contributed by atoms with Gasteiger partial charge in [-0.2, -0.15) is 5.10 Å². The number of aryl methyl sites for hydroxylation is 1. The van der Waals surface area contributed by atoms with Crippen LogP contribution in [0.1, 0.15) is 11.5 Å². The highest BCUT2D eigenvalue weighted by Crippen LogP contribution is 2.21. The van der Waals surface area contributed by atoms with Crippen molar-refractivity contribution < 1.29 is 0 Å². The molecule has 18 heavy (non-hydrogen) atoms. The molecular formula is C13H13N5. The first-order chi connectivity index (χ1) is 8.75. The molecule has 90 valence electrons. The number of hydrogen-bond acceptors (Lipinski definition) is 4. The summed E-state index contributed by atoms with van der Waals surface area (Å²) in [6.07, 6.45) is 4.35. The SMILES string of the molecule is Cn1ccnc1Cc1nnc(N)c2ccccc12. The summed E-state index contributed by atoms with van der Waals surface area (Å²) in [7, 11) is 1.97. The van der Waals surface area contributed by atoms with E-state index in [0.29, 0.717) is 12.2 Å². The topological polar surface area (TPSA) is 69.6 Å². The molecule has 0 unspecified atom stereocenters. The lowest BCUT2D eigenvalue weighted by Crippen LogP contribution is -2.04. The lowest BCUT2D eigenvalue weighted by atomic mass is 10.1. The number of fused-ring (bicyclic) bond motifs is 1. The van der Waals surface area contributed by atoms with Crippen LogP contribution in [-0.2, 0) is 13.5 Å². The summed E-state index contributed by atoms with van der Waals surface area (Å²) in [5.41, 5.74) is 6.73. The van der Waals surface area contributed by atoms with Gasteiger partial charge < -0.3 is 10.3 Å². The Hall–Kier alpha value is -2.43. The smallest absolute Gasteiger partial charge is 0.153 e. The van der Waals surface area contributed by atoms with Crippen LogP contribution in [0.15, 0.2) is 36.7 Å². The molecule has 0 radical (unpaired) electrons. The normalized spacial score (nSPS) is 10.9. The van der Waals surface area contributed by atoms with Crippen LogP contribution in [0.3, 0.4) is 0 Å². The highest BCUT2D eigenvalue weighted by Gasteiger charge is 2.09. The van der Waals surface area contributed by atoms with Crippen molar-refractivity contribution in [2.24, 2.45) is 7.05 Å². The molecule has 0 aliphatic carbocycles. The summed E-state index contributed by atoms with van der Waals surface area (Å²) < 4.78 is 1.98. The average Bonchev–Trinajstić information content (AvgIpc) is 2.79. The van der Waals surface area contributed by atoms with Crippen molar-refractivity contribution in [3.63, 3.8) is 0 Å². The second-order valence-electron chi connectivity index (χ2n) is 4.21. The van der Waals surface area contributed by atoms with Gasteiger partial charge >= 0.3 is 0 Å². The number of aromatic nitrogens is 4. The van der Waals surface area contributed by atoms with E-state index in [9.17, 15) is 0 Å². The Morgan fingerprint density at radius 2 is 1.94 bits per heavy atom. The van der Waals surface area contributed by atoms with Crippen LogP contribution in [0.5, 0.6) is 0 Å². The average molecular weight is 239 g/mol. The van der Waals surface area contributed by atoms with E-state index in [2.05, 4.69) is 15.2 Å². The van der Waals surface area contributed by atoms with Gasteiger partial charge in [-0.25, -0.2) is 4.98 Å². The Morgan fingerprint density at radius 1 is 1.17 bits per heavy atom. The maximum absolute atomic E-state index is 5.83. The van der Waals surface area contributed by atoms with Crippen LogP contribution >= 0.6 is 0 Å². The number of nitrogens with zero attached hydrogens (tertiary/aromatic N) is 4. The maximum atomic E-state index is 5.83. The maximum Gasteiger partial charge on any atom is 0.153 e. The van der Waals surface area contributed by atoms with Crippen molar-refractivity contribution in [1.29, 1.82) is 0 Å². The molecule has 1 aromatic carbocycles. The molecule has 0 atom stereocenters. The Labute approximate surface area is 104 Å². The molecule has 2 N–H and O–H groups in total. The number of nitrogen functional groups attached to an aromatic ring is 1. The molecule has 2 aromatic heterocycles. The van der Waals surface area contributed by atoms with Gasteiger partial charge in [-0.3, -0.25) is 0 Å². The van der Waals surface area contributed by atoms with Crippen molar-refractivity contribution in [3.8, 4) is 0 Å². The van der Waals surface area contributed by atoms with E-state index in [1.54, 1.807) is 6.20 Å². The Bertz CT molecular complexity index is 701. The minimum atomic E-state index is 0.467. The summed E-state index contributed by atoms with van der Waals surface area (Å²) in [6.45, 7) is 0. The van der Waals surface area contributed by atoms with E-state index >= 15 is 0 Å². The number of anilines is 1. The molecule has 2 heterocycles. The quantitative estimate of drug-likeness (QED) is 0.736. The zero-order valence-electron chi connectivity index (χ0n) is 10.0. The Balaban J connectivity index is 2.13. The lowest BCUT2D eigenvalue weighted by molar-refractivity contribution is 0.805. The van der Waals surface area contributed by atoms with E-state index in [-0.39, 0.29) is 0 Å². The zero-order chi connectivity index (χ0) is 12.5. The third kappa shape index (κ3) is 1.69. The minimum Gasteiger partial charge on any atom is -0.382 e. The van der Waals surface area contributed by atoms with Crippen LogP contribution < -0.4 is 5.73 Å². The predicted molar refractivity (Wildman–Crippen MR) is 70.0 cm³/mol. The molecule has 3 aromatic rings. The van der Waals surface area contributed by atoms with Crippen LogP contribution in [0, 0.1) is 0 Å². The second kappa shape index (κ2) is 4.10. The fourth-order valence-corrected chi connectivity index (χ4v) is 2.03. The summed E-state index contributed by atoms with van der Waals surface area (Å²) >= 11 is 0. The Kier molecular flexibility index (Phi) is 2.44. The monoisotopic (exact) mass is 239 g/mol. The second-order valence-corrected chi connectivity index (χ2v) is 4.21. The standard InChI is InChI=1S/C13H13N5/c1-18-7-6-15-12(18)8-11-9-4-2-3-5-10(9)13(14)17-16-11/h2-7H,8H2,1H3,(H2,14,17). The number of rotatable bonds is 2. The molecule has 0 aliphatic rings. The third-order valence-electron chi connectivity index (χ3n) is 3.04. The van der Waals surface area contributed by atoms with Gasteiger partial charge in [0.25, 0.3) is 0 Å². The molecule has 5 heteroatoms. The first-order valence-corrected chi connectivity index (χ1v) is 5.71. The number of imidazole rings is 1. The molecule has 0 bridgehead atoms. The molecule has 0 fully saturated rings. The van der Waals surface area contributed by atoms with Gasteiger partial charge in [0.15, 0.2) is 5.82 Å². The van der Waals surface area contributed by atoms with Gasteiger partial charge in [0, 0.05) is 30.2 Å². The van der Waals surface area contributed by atoms with Gasteiger partial charge in [-0.05, 0) is 0 Å². The zero-order valence-corrected chi connectivity index (χ0v) is 10.0. The van der Waals surface area contributed by atoms with Gasteiger partial charge in [0.05, 0.1) is 12.1 Å². The summed E-state index contributed by atoms with van der Waals surface area (Å²) in [4.78, 5) is 4.30. The third-order valence-corrected chi connectivity index (χ3v) is 3.04. The van der Waals surface area contributed by atoms with Crippen molar-refractivity contribution in [2.75, 3.05) is 5.73 Å². The molecule has 5 nitrogen and oxygen atoms in total. The van der Waals surface area contributed by atoms with E-state index in [1.807, 2.05) is 42.1 Å². The minimum absolute atomic E-state index is 0.467. The molecule has 0 aliphatic heterocycles. The highest BCUT2D eigenvalue weighted by atomic mass is 15.1. The van der Waals surface area contributed by atoms with Gasteiger partial charge in [0.2, 0.25) is 0 Å². The molecule has 0 amide bonds.